The third-order valence-corrected chi connectivity index (χ3v) is 3.44. The molecule has 0 saturated heterocycles. The first-order valence-electron chi connectivity index (χ1n) is 6.95. The topological polar surface area (TPSA) is 59.0 Å². The number of hydrogen-bond acceptors (Lipinski definition) is 4. The van der Waals surface area contributed by atoms with Gasteiger partial charge in [0, 0.05) is 30.6 Å². The summed E-state index contributed by atoms with van der Waals surface area (Å²) in [5.74, 6) is 0.778. The third kappa shape index (κ3) is 3.76. The number of benzene rings is 1. The second-order valence-corrected chi connectivity index (χ2v) is 5.26. The Morgan fingerprint density at radius 1 is 1.62 bits per heavy atom. The predicted octanol–water partition coefficient (Wildman–Crippen LogP) is 2.09. The molecular formula is C16H21NO4. The van der Waals surface area contributed by atoms with Gasteiger partial charge in [0.25, 0.3) is 0 Å². The maximum absolute atomic E-state index is 10.9. The molecular weight excluding hydrogens is 270 g/mol. The molecule has 0 spiro atoms. The Labute approximate surface area is 124 Å². The largest absolute Gasteiger partial charge is 0.496 e. The fraction of sp³-hybridized carbons (Fsp3) is 0.438. The lowest BCUT2D eigenvalue weighted by Gasteiger charge is -2.20. The Hall–Kier alpha value is -2.01. The van der Waals surface area contributed by atoms with E-state index in [9.17, 15) is 4.79 Å². The first-order chi connectivity index (χ1) is 10.0. The van der Waals surface area contributed by atoms with Crippen molar-refractivity contribution in [3.05, 3.63) is 35.9 Å². The van der Waals surface area contributed by atoms with Crippen molar-refractivity contribution in [1.82, 2.24) is 4.90 Å². The molecule has 1 aliphatic heterocycles. The molecule has 0 fully saturated rings. The minimum atomic E-state index is -0.859. The Balaban J connectivity index is 2.23. The summed E-state index contributed by atoms with van der Waals surface area (Å²) in [4.78, 5) is 12.7. The highest BCUT2D eigenvalue weighted by molar-refractivity contribution is 5.69. The number of carboxylic acids is 1. The van der Waals surface area contributed by atoms with Crippen LogP contribution in [0.1, 0.15) is 18.1 Å². The number of ether oxygens (including phenoxy) is 2. The SMILES string of the molecule is C=CCN(CC(=O)O)Cc1cc2c(cc1OC)CC(C)O2. The number of methoxy groups -OCH3 is 1. The van der Waals surface area contributed by atoms with Crippen LogP contribution in [0.25, 0.3) is 0 Å². The normalized spacial score (nSPS) is 16.4. The molecule has 0 amide bonds. The smallest absolute Gasteiger partial charge is 0.317 e. The monoisotopic (exact) mass is 291 g/mol. The van der Waals surface area contributed by atoms with E-state index in [4.69, 9.17) is 14.6 Å². The minimum Gasteiger partial charge on any atom is -0.496 e. The van der Waals surface area contributed by atoms with Crippen molar-refractivity contribution in [3.8, 4) is 11.5 Å². The zero-order valence-electron chi connectivity index (χ0n) is 12.5. The first kappa shape index (κ1) is 15.4. The van der Waals surface area contributed by atoms with Gasteiger partial charge in [-0.2, -0.15) is 0 Å². The maximum Gasteiger partial charge on any atom is 0.317 e. The molecule has 0 aromatic heterocycles. The molecule has 1 aromatic carbocycles. The predicted molar refractivity (Wildman–Crippen MR) is 79.9 cm³/mol. The highest BCUT2D eigenvalue weighted by atomic mass is 16.5. The summed E-state index contributed by atoms with van der Waals surface area (Å²) in [6.45, 7) is 6.64. The first-order valence-corrected chi connectivity index (χ1v) is 6.95. The number of carbonyl (C=O) groups is 1. The molecule has 114 valence electrons. The number of hydrogen-bond donors (Lipinski definition) is 1. The van der Waals surface area contributed by atoms with E-state index in [0.29, 0.717) is 13.1 Å². The van der Waals surface area contributed by atoms with Crippen LogP contribution in [-0.4, -0.2) is 42.3 Å². The molecule has 1 atom stereocenters. The van der Waals surface area contributed by atoms with Gasteiger partial charge in [0.2, 0.25) is 0 Å². The van der Waals surface area contributed by atoms with E-state index in [0.717, 1.165) is 29.0 Å². The van der Waals surface area contributed by atoms with Crippen molar-refractivity contribution in [2.24, 2.45) is 0 Å². The van der Waals surface area contributed by atoms with Crippen molar-refractivity contribution in [2.45, 2.75) is 26.0 Å². The minimum absolute atomic E-state index is 0.0382. The van der Waals surface area contributed by atoms with Gasteiger partial charge in [-0.15, -0.1) is 6.58 Å². The van der Waals surface area contributed by atoms with Crippen LogP contribution < -0.4 is 9.47 Å². The lowest BCUT2D eigenvalue weighted by atomic mass is 10.1. The molecule has 5 nitrogen and oxygen atoms in total. The average Bonchev–Trinajstić information content (AvgIpc) is 2.76. The highest BCUT2D eigenvalue weighted by Crippen LogP contribution is 2.35. The van der Waals surface area contributed by atoms with Crippen molar-refractivity contribution in [3.63, 3.8) is 0 Å². The van der Waals surface area contributed by atoms with E-state index in [1.807, 2.05) is 19.1 Å². The van der Waals surface area contributed by atoms with E-state index in [1.54, 1.807) is 18.1 Å². The molecule has 21 heavy (non-hydrogen) atoms. The molecule has 1 heterocycles. The van der Waals surface area contributed by atoms with E-state index >= 15 is 0 Å². The van der Waals surface area contributed by atoms with Gasteiger partial charge in [0.15, 0.2) is 0 Å². The van der Waals surface area contributed by atoms with Crippen LogP contribution in [0.3, 0.4) is 0 Å². The summed E-state index contributed by atoms with van der Waals surface area (Å²) in [7, 11) is 1.62. The van der Waals surface area contributed by atoms with Crippen molar-refractivity contribution in [2.75, 3.05) is 20.2 Å². The third-order valence-electron chi connectivity index (χ3n) is 3.44. The maximum atomic E-state index is 10.9. The summed E-state index contributed by atoms with van der Waals surface area (Å²) in [6.07, 6.45) is 2.74. The summed E-state index contributed by atoms with van der Waals surface area (Å²) in [5.41, 5.74) is 2.06. The van der Waals surface area contributed by atoms with Crippen LogP contribution in [0.2, 0.25) is 0 Å². The Morgan fingerprint density at radius 3 is 3.00 bits per heavy atom. The number of aliphatic carboxylic acids is 1. The second kappa shape index (κ2) is 6.63. The molecule has 0 aliphatic carbocycles. The molecule has 0 bridgehead atoms. The summed E-state index contributed by atoms with van der Waals surface area (Å²) in [5, 5.41) is 8.97. The van der Waals surface area contributed by atoms with Crippen LogP contribution in [0.5, 0.6) is 11.5 Å². The quantitative estimate of drug-likeness (QED) is 0.780. The standard InChI is InChI=1S/C16H21NO4/c1-4-5-17(10-16(18)19)9-13-8-15-12(6-11(2)21-15)7-14(13)20-3/h4,7-8,11H,1,5-6,9-10H2,2-3H3,(H,18,19). The lowest BCUT2D eigenvalue weighted by Crippen LogP contribution is -2.29. The van der Waals surface area contributed by atoms with Gasteiger partial charge >= 0.3 is 5.97 Å². The van der Waals surface area contributed by atoms with Gasteiger partial charge in [-0.1, -0.05) is 6.08 Å². The van der Waals surface area contributed by atoms with Crippen LogP contribution >= 0.6 is 0 Å². The molecule has 1 aliphatic rings. The molecule has 1 unspecified atom stereocenters. The van der Waals surface area contributed by atoms with Gasteiger partial charge in [-0.05, 0) is 19.1 Å². The molecule has 0 radical (unpaired) electrons. The highest BCUT2D eigenvalue weighted by Gasteiger charge is 2.22. The number of fused-ring (bicyclic) bond motifs is 1. The van der Waals surface area contributed by atoms with Crippen molar-refractivity contribution in [1.29, 1.82) is 0 Å². The lowest BCUT2D eigenvalue weighted by molar-refractivity contribution is -0.138. The summed E-state index contributed by atoms with van der Waals surface area (Å²) >= 11 is 0. The zero-order valence-corrected chi connectivity index (χ0v) is 12.5. The van der Waals surface area contributed by atoms with Gasteiger partial charge in [0.1, 0.15) is 17.6 Å². The van der Waals surface area contributed by atoms with Crippen LogP contribution in [-0.2, 0) is 17.8 Å². The molecule has 1 N–H and O–H groups in total. The molecule has 0 saturated carbocycles. The van der Waals surface area contributed by atoms with Gasteiger partial charge in [-0.3, -0.25) is 9.69 Å². The summed E-state index contributed by atoms with van der Waals surface area (Å²) < 4.78 is 11.2. The van der Waals surface area contributed by atoms with Crippen LogP contribution in [0.4, 0.5) is 0 Å². The molecule has 1 aromatic rings. The molecule has 5 heteroatoms. The fourth-order valence-electron chi connectivity index (χ4n) is 2.59. The van der Waals surface area contributed by atoms with Crippen LogP contribution in [0, 0.1) is 0 Å². The Bertz CT molecular complexity index is 541. The van der Waals surface area contributed by atoms with E-state index in [1.165, 1.54) is 0 Å². The Kier molecular flexibility index (Phi) is 4.85. The van der Waals surface area contributed by atoms with Crippen LogP contribution in [0.15, 0.2) is 24.8 Å². The van der Waals surface area contributed by atoms with E-state index in [-0.39, 0.29) is 12.6 Å². The number of carboxylic acid groups (broad SMARTS) is 1. The second-order valence-electron chi connectivity index (χ2n) is 5.26. The van der Waals surface area contributed by atoms with Crippen molar-refractivity contribution >= 4 is 5.97 Å². The van der Waals surface area contributed by atoms with Gasteiger partial charge in [-0.25, -0.2) is 0 Å². The zero-order chi connectivity index (χ0) is 15.4. The van der Waals surface area contributed by atoms with Crippen molar-refractivity contribution < 1.29 is 19.4 Å². The van der Waals surface area contributed by atoms with Gasteiger partial charge in [0.05, 0.1) is 13.7 Å². The van der Waals surface area contributed by atoms with E-state index < -0.39 is 5.97 Å². The molecule has 2 rings (SSSR count). The van der Waals surface area contributed by atoms with Gasteiger partial charge < -0.3 is 14.6 Å². The van der Waals surface area contributed by atoms with E-state index in [2.05, 4.69) is 6.58 Å². The number of nitrogens with zero attached hydrogens (tertiary/aromatic N) is 1. The average molecular weight is 291 g/mol. The number of rotatable bonds is 7. The summed E-state index contributed by atoms with van der Waals surface area (Å²) in [6, 6.07) is 3.94. The fourth-order valence-corrected chi connectivity index (χ4v) is 2.59. The Morgan fingerprint density at radius 2 is 2.38 bits per heavy atom.